The van der Waals surface area contributed by atoms with Crippen molar-refractivity contribution in [2.75, 3.05) is 25.6 Å². The summed E-state index contributed by atoms with van der Waals surface area (Å²) in [5, 5.41) is 0.125. The molecule has 1 aromatic carbocycles. The van der Waals surface area contributed by atoms with Gasteiger partial charge in [-0.2, -0.15) is 0 Å². The number of aryl methyl sites for hydroxylation is 1. The van der Waals surface area contributed by atoms with Crippen LogP contribution in [0.5, 0.6) is 0 Å². The van der Waals surface area contributed by atoms with Gasteiger partial charge < -0.3 is 13.9 Å². The highest BCUT2D eigenvalue weighted by atomic mass is 32.2. The van der Waals surface area contributed by atoms with E-state index < -0.39 is 23.8 Å². The number of nitrogens with zero attached hydrogens (tertiary/aromatic N) is 1. The van der Waals surface area contributed by atoms with Gasteiger partial charge in [0.2, 0.25) is 0 Å². The predicted molar refractivity (Wildman–Crippen MR) is 143 cm³/mol. The Morgan fingerprint density at radius 1 is 1.15 bits per heavy atom. The summed E-state index contributed by atoms with van der Waals surface area (Å²) < 4.78 is 38.0. The summed E-state index contributed by atoms with van der Waals surface area (Å²) >= 11 is 0. The molecule has 192 valence electrons. The smallest absolute Gasteiger partial charge is 0.192 e. The molecule has 1 spiro atoms. The van der Waals surface area contributed by atoms with Gasteiger partial charge in [-0.25, -0.2) is 8.57 Å². The van der Waals surface area contributed by atoms with Crippen LogP contribution >= 0.6 is 0 Å². The number of benzene rings is 1. The summed E-state index contributed by atoms with van der Waals surface area (Å²) in [7, 11) is -4.58. The highest BCUT2D eigenvalue weighted by molar-refractivity contribution is 7.93. The molecule has 1 aliphatic carbocycles. The summed E-state index contributed by atoms with van der Waals surface area (Å²) in [4.78, 5) is 0.811. The zero-order valence-electron chi connectivity index (χ0n) is 22.5. The molecule has 2 aliphatic rings. The first-order valence-corrected chi connectivity index (χ1v) is 17.2. The van der Waals surface area contributed by atoms with Gasteiger partial charge in [-0.05, 0) is 49.5 Å². The average molecular weight is 508 g/mol. The number of hydrogen-bond donors (Lipinski definition) is 0. The quantitative estimate of drug-likeness (QED) is 0.289. The molecule has 1 saturated heterocycles. The minimum Gasteiger partial charge on any atom is -0.415 e. The fourth-order valence-electron chi connectivity index (χ4n) is 4.00. The summed E-state index contributed by atoms with van der Waals surface area (Å²) in [6, 6.07) is 7.92. The van der Waals surface area contributed by atoms with Crippen LogP contribution in [-0.4, -0.2) is 49.9 Å². The molecular weight excluding hydrogens is 462 g/mol. The number of rotatable bonds is 8. The van der Waals surface area contributed by atoms with Crippen LogP contribution in [0.3, 0.4) is 0 Å². The Kier molecular flexibility index (Phi) is 8.56. The molecule has 5 nitrogen and oxygen atoms in total. The van der Waals surface area contributed by atoms with Gasteiger partial charge in [0.1, 0.15) is 0 Å². The fraction of sp³-hybridized carbons (Fsp3) is 0.704. The zero-order chi connectivity index (χ0) is 25.2. The highest BCUT2D eigenvalue weighted by Gasteiger charge is 2.39. The normalized spacial score (nSPS) is 21.4. The van der Waals surface area contributed by atoms with E-state index >= 15 is 0 Å². The Bertz CT molecular complexity index is 979. The second kappa shape index (κ2) is 10.6. The van der Waals surface area contributed by atoms with E-state index in [2.05, 4.69) is 60.7 Å². The van der Waals surface area contributed by atoms with Crippen molar-refractivity contribution in [2.45, 2.75) is 95.7 Å². The van der Waals surface area contributed by atoms with Crippen LogP contribution in [0.15, 0.2) is 45.2 Å². The first-order chi connectivity index (χ1) is 15.8. The Morgan fingerprint density at radius 2 is 1.76 bits per heavy atom. The molecule has 3 rings (SSSR count). The maximum Gasteiger partial charge on any atom is 0.192 e. The molecule has 0 bridgehead atoms. The van der Waals surface area contributed by atoms with Crippen molar-refractivity contribution in [3.05, 3.63) is 41.5 Å². The van der Waals surface area contributed by atoms with Gasteiger partial charge in [-0.1, -0.05) is 64.0 Å². The molecule has 1 fully saturated rings. The van der Waals surface area contributed by atoms with Gasteiger partial charge in [0.05, 0.1) is 41.3 Å². The van der Waals surface area contributed by atoms with Crippen LogP contribution in [-0.2, 0) is 23.6 Å². The predicted octanol–water partition coefficient (Wildman–Crippen LogP) is 6.72. The van der Waals surface area contributed by atoms with Crippen LogP contribution in [0.1, 0.15) is 59.4 Å². The maximum absolute atomic E-state index is 14.6. The molecule has 0 saturated carbocycles. The fourth-order valence-corrected chi connectivity index (χ4v) is 7.45. The van der Waals surface area contributed by atoms with Crippen LogP contribution in [0, 0.1) is 12.8 Å². The van der Waals surface area contributed by atoms with Crippen LogP contribution < -0.4 is 0 Å². The van der Waals surface area contributed by atoms with Crippen molar-refractivity contribution in [1.82, 2.24) is 0 Å². The lowest BCUT2D eigenvalue weighted by molar-refractivity contribution is -0.161. The van der Waals surface area contributed by atoms with Crippen LogP contribution in [0.25, 0.3) is 0 Å². The topological polar surface area (TPSA) is 57.1 Å². The largest absolute Gasteiger partial charge is 0.415 e. The van der Waals surface area contributed by atoms with Crippen molar-refractivity contribution >= 4 is 18.0 Å². The van der Waals surface area contributed by atoms with Gasteiger partial charge in [0.15, 0.2) is 14.1 Å². The highest BCUT2D eigenvalue weighted by Crippen LogP contribution is 2.38. The summed E-state index contributed by atoms with van der Waals surface area (Å²) in [6.07, 6.45) is 4.53. The van der Waals surface area contributed by atoms with Gasteiger partial charge in [-0.15, -0.1) is 0 Å². The van der Waals surface area contributed by atoms with Crippen LogP contribution in [0.2, 0.25) is 18.1 Å². The third-order valence-electron chi connectivity index (χ3n) is 7.61. The van der Waals surface area contributed by atoms with Gasteiger partial charge in [0, 0.05) is 17.7 Å². The molecule has 1 unspecified atom stereocenters. The Hall–Kier alpha value is -0.993. The van der Waals surface area contributed by atoms with Crippen molar-refractivity contribution in [3.8, 4) is 0 Å². The average Bonchev–Trinajstić information content (AvgIpc) is 3.20. The minimum atomic E-state index is -2.66. The third-order valence-corrected chi connectivity index (χ3v) is 14.5. The van der Waals surface area contributed by atoms with Crippen molar-refractivity contribution in [3.63, 3.8) is 0 Å². The lowest BCUT2D eigenvalue weighted by Crippen LogP contribution is -2.43. The standard InChI is InChI=1S/C27H45NO4SSi/c1-21(2)25(19-32-34(7,8)26(4,5)6)28-33(29,24-11-9-22(3)10-12-24)20-23-13-15-27(16-14-23)30-17-18-31-27/h9-13,21,25H,14-20H2,1-8H3/t25-,33?/m1/s1. The summed E-state index contributed by atoms with van der Waals surface area (Å²) in [5.74, 6) is 0.220. The second-order valence-corrected chi connectivity index (χ2v) is 18.8. The first-order valence-electron chi connectivity index (χ1n) is 12.7. The first kappa shape index (κ1) is 27.6. The number of hydrogen-bond acceptors (Lipinski definition) is 5. The Balaban J connectivity index is 1.91. The van der Waals surface area contributed by atoms with Crippen molar-refractivity contribution < 1.29 is 18.1 Å². The van der Waals surface area contributed by atoms with Gasteiger partial charge in [-0.3, -0.25) is 0 Å². The van der Waals surface area contributed by atoms with E-state index in [4.69, 9.17) is 18.3 Å². The van der Waals surface area contributed by atoms with Crippen molar-refractivity contribution in [2.24, 2.45) is 10.3 Å². The second-order valence-electron chi connectivity index (χ2n) is 11.8. The molecule has 0 amide bonds. The third kappa shape index (κ3) is 6.61. The van der Waals surface area contributed by atoms with E-state index in [1.54, 1.807) is 0 Å². The van der Waals surface area contributed by atoms with Crippen molar-refractivity contribution in [1.29, 1.82) is 0 Å². The van der Waals surface area contributed by atoms with Gasteiger partial charge in [0.25, 0.3) is 0 Å². The van der Waals surface area contributed by atoms with E-state index in [1.807, 2.05) is 24.3 Å². The minimum absolute atomic E-state index is 0.125. The Morgan fingerprint density at radius 3 is 2.26 bits per heavy atom. The van der Waals surface area contributed by atoms with E-state index in [0.717, 1.165) is 23.3 Å². The molecule has 0 N–H and O–H groups in total. The maximum atomic E-state index is 14.6. The molecule has 1 heterocycles. The summed E-state index contributed by atoms with van der Waals surface area (Å²) in [5.41, 5.74) is 2.34. The lowest BCUT2D eigenvalue weighted by atomic mass is 9.95. The SMILES string of the molecule is Cc1ccc(S(=O)(CC2=CCC3(CC2)OCCO3)=N[C@H](CO[Si](C)(C)C(C)(C)C)C(C)C)cc1. The molecular formula is C27H45NO4SSi. The number of ether oxygens (including phenoxy) is 2. The molecule has 1 aliphatic heterocycles. The molecule has 0 aromatic heterocycles. The lowest BCUT2D eigenvalue weighted by Gasteiger charge is -2.37. The molecule has 0 radical (unpaired) electrons. The Labute approximate surface area is 209 Å². The molecule has 34 heavy (non-hydrogen) atoms. The molecule has 1 aromatic rings. The van der Waals surface area contributed by atoms with E-state index in [1.165, 1.54) is 5.57 Å². The molecule has 7 heteroatoms. The van der Waals surface area contributed by atoms with E-state index in [0.29, 0.717) is 32.0 Å². The summed E-state index contributed by atoms with van der Waals surface area (Å²) in [6.45, 7) is 19.4. The van der Waals surface area contributed by atoms with E-state index in [9.17, 15) is 4.21 Å². The monoisotopic (exact) mass is 507 g/mol. The molecule has 2 atom stereocenters. The van der Waals surface area contributed by atoms with E-state index in [-0.39, 0.29) is 17.0 Å². The zero-order valence-corrected chi connectivity index (χ0v) is 24.3. The van der Waals surface area contributed by atoms with Gasteiger partial charge >= 0.3 is 0 Å². The van der Waals surface area contributed by atoms with Crippen LogP contribution in [0.4, 0.5) is 0 Å².